The van der Waals surface area contributed by atoms with E-state index in [1.54, 1.807) is 55.5 Å². The molecule has 1 aliphatic rings. The standard InChI is InChI=1S/C25H20N4O4/c1-25(18-7-5-6-17(14-18)15-26)23(31)29(24(32)28-25)16-22(30)27-19-10-12-21(13-11-19)33-20-8-3-2-4-9-20/h2-14H,16H2,1H3,(H,27,30)(H,28,32). The largest absolute Gasteiger partial charge is 0.457 e. The number of nitrogens with zero attached hydrogens (tertiary/aromatic N) is 2. The molecule has 164 valence electrons. The summed E-state index contributed by atoms with van der Waals surface area (Å²) in [6.07, 6.45) is 0. The number of carbonyl (C=O) groups is 3. The molecule has 1 unspecified atom stereocenters. The third-order valence-corrected chi connectivity index (χ3v) is 5.26. The van der Waals surface area contributed by atoms with Gasteiger partial charge >= 0.3 is 6.03 Å². The average Bonchev–Trinajstić information content (AvgIpc) is 3.05. The van der Waals surface area contributed by atoms with E-state index >= 15 is 0 Å². The van der Waals surface area contributed by atoms with Crippen LogP contribution in [0.4, 0.5) is 10.5 Å². The summed E-state index contributed by atoms with van der Waals surface area (Å²) in [6, 6.07) is 23.8. The van der Waals surface area contributed by atoms with Crippen molar-refractivity contribution < 1.29 is 19.1 Å². The van der Waals surface area contributed by atoms with Crippen molar-refractivity contribution in [3.63, 3.8) is 0 Å². The van der Waals surface area contributed by atoms with E-state index in [-0.39, 0.29) is 0 Å². The van der Waals surface area contributed by atoms with Gasteiger partial charge in [-0.1, -0.05) is 30.3 Å². The van der Waals surface area contributed by atoms with E-state index in [1.807, 2.05) is 36.4 Å². The molecule has 2 N–H and O–H groups in total. The van der Waals surface area contributed by atoms with E-state index in [4.69, 9.17) is 10.00 Å². The van der Waals surface area contributed by atoms with Gasteiger partial charge in [0.2, 0.25) is 5.91 Å². The van der Waals surface area contributed by atoms with Crippen molar-refractivity contribution in [3.8, 4) is 17.6 Å². The number of hydrogen-bond donors (Lipinski definition) is 2. The van der Waals surface area contributed by atoms with E-state index in [2.05, 4.69) is 10.6 Å². The summed E-state index contributed by atoms with van der Waals surface area (Å²) in [6.45, 7) is 1.10. The van der Waals surface area contributed by atoms with Crippen LogP contribution in [0, 0.1) is 11.3 Å². The molecule has 1 heterocycles. The van der Waals surface area contributed by atoms with E-state index in [0.717, 1.165) is 4.90 Å². The zero-order valence-corrected chi connectivity index (χ0v) is 17.7. The van der Waals surface area contributed by atoms with Crippen LogP contribution in [0.25, 0.3) is 0 Å². The Morgan fingerprint density at radius 1 is 1.03 bits per heavy atom. The number of imide groups is 1. The number of benzene rings is 3. The molecule has 33 heavy (non-hydrogen) atoms. The molecule has 1 aliphatic heterocycles. The number of carbonyl (C=O) groups excluding carboxylic acids is 3. The summed E-state index contributed by atoms with van der Waals surface area (Å²) in [5.41, 5.74) is -0.0267. The maximum absolute atomic E-state index is 13.0. The minimum Gasteiger partial charge on any atom is -0.457 e. The van der Waals surface area contributed by atoms with Crippen LogP contribution >= 0.6 is 0 Å². The fourth-order valence-electron chi connectivity index (χ4n) is 3.51. The molecule has 1 atom stereocenters. The van der Waals surface area contributed by atoms with Crippen molar-refractivity contribution in [2.45, 2.75) is 12.5 Å². The second kappa shape index (κ2) is 8.85. The zero-order chi connectivity index (χ0) is 23.4. The van der Waals surface area contributed by atoms with Crippen LogP contribution in [-0.4, -0.2) is 29.3 Å². The molecular weight excluding hydrogens is 420 g/mol. The fraction of sp³-hybridized carbons (Fsp3) is 0.120. The smallest absolute Gasteiger partial charge is 0.325 e. The summed E-state index contributed by atoms with van der Waals surface area (Å²) in [4.78, 5) is 38.9. The Bertz CT molecular complexity index is 1250. The Morgan fingerprint density at radius 3 is 2.42 bits per heavy atom. The lowest BCUT2D eigenvalue weighted by Gasteiger charge is -2.22. The number of amides is 4. The van der Waals surface area contributed by atoms with Gasteiger partial charge in [-0.25, -0.2) is 4.79 Å². The summed E-state index contributed by atoms with van der Waals surface area (Å²) in [5.74, 6) is 0.203. The van der Waals surface area contributed by atoms with Crippen LogP contribution in [0.2, 0.25) is 0 Å². The first kappa shape index (κ1) is 21.6. The quantitative estimate of drug-likeness (QED) is 0.567. The van der Waals surface area contributed by atoms with E-state index in [9.17, 15) is 14.4 Å². The first-order valence-corrected chi connectivity index (χ1v) is 10.2. The van der Waals surface area contributed by atoms with E-state index in [1.165, 1.54) is 0 Å². The first-order valence-electron chi connectivity index (χ1n) is 10.2. The normalized spacial score (nSPS) is 17.3. The minimum atomic E-state index is -1.36. The molecule has 8 heteroatoms. The van der Waals surface area contributed by atoms with Gasteiger partial charge in [0.05, 0.1) is 11.6 Å². The molecule has 4 rings (SSSR count). The summed E-state index contributed by atoms with van der Waals surface area (Å²) >= 11 is 0. The van der Waals surface area contributed by atoms with Crippen LogP contribution in [0.1, 0.15) is 18.1 Å². The first-order chi connectivity index (χ1) is 15.9. The highest BCUT2D eigenvalue weighted by Gasteiger charge is 2.49. The maximum atomic E-state index is 13.0. The van der Waals surface area contributed by atoms with Gasteiger partial charge in [-0.05, 0) is 61.0 Å². The highest BCUT2D eigenvalue weighted by atomic mass is 16.5. The predicted molar refractivity (Wildman–Crippen MR) is 120 cm³/mol. The molecule has 0 aromatic heterocycles. The predicted octanol–water partition coefficient (Wildman–Crippen LogP) is 3.76. The van der Waals surface area contributed by atoms with Gasteiger partial charge in [-0.3, -0.25) is 14.5 Å². The van der Waals surface area contributed by atoms with Crippen molar-refractivity contribution in [3.05, 3.63) is 90.0 Å². The second-order valence-electron chi connectivity index (χ2n) is 7.63. The van der Waals surface area contributed by atoms with Crippen molar-refractivity contribution in [2.24, 2.45) is 0 Å². The van der Waals surface area contributed by atoms with Gasteiger partial charge in [0.1, 0.15) is 23.6 Å². The summed E-state index contributed by atoms with van der Waals surface area (Å²) < 4.78 is 5.72. The van der Waals surface area contributed by atoms with Gasteiger partial charge in [0, 0.05) is 5.69 Å². The van der Waals surface area contributed by atoms with E-state index in [0.29, 0.717) is 28.3 Å². The lowest BCUT2D eigenvalue weighted by molar-refractivity contribution is -0.133. The number of nitrogens with one attached hydrogen (secondary N) is 2. The van der Waals surface area contributed by atoms with Crippen LogP contribution in [-0.2, 0) is 15.1 Å². The van der Waals surface area contributed by atoms with Crippen molar-refractivity contribution in [2.75, 3.05) is 11.9 Å². The van der Waals surface area contributed by atoms with Crippen LogP contribution < -0.4 is 15.4 Å². The van der Waals surface area contributed by atoms with Gasteiger partial charge in [0.15, 0.2) is 0 Å². The Hall–Kier alpha value is -4.64. The van der Waals surface area contributed by atoms with E-state index < -0.39 is 29.9 Å². The summed E-state index contributed by atoms with van der Waals surface area (Å²) in [5, 5.41) is 14.4. The third kappa shape index (κ3) is 4.52. The topological polar surface area (TPSA) is 112 Å². The Kier molecular flexibility index (Phi) is 5.79. The number of anilines is 1. The minimum absolute atomic E-state index is 0.367. The highest BCUT2D eigenvalue weighted by Crippen LogP contribution is 2.29. The van der Waals surface area contributed by atoms with Gasteiger partial charge in [-0.2, -0.15) is 5.26 Å². The average molecular weight is 440 g/mol. The molecule has 1 fully saturated rings. The second-order valence-corrected chi connectivity index (χ2v) is 7.63. The molecule has 0 radical (unpaired) electrons. The molecule has 0 aliphatic carbocycles. The van der Waals surface area contributed by atoms with Crippen LogP contribution in [0.15, 0.2) is 78.9 Å². The number of rotatable bonds is 6. The lowest BCUT2D eigenvalue weighted by atomic mass is 9.91. The SMILES string of the molecule is CC1(c2cccc(C#N)c2)NC(=O)N(CC(=O)Nc2ccc(Oc3ccccc3)cc2)C1=O. The molecule has 3 aromatic rings. The number of ether oxygens (including phenoxy) is 1. The van der Waals surface area contributed by atoms with Gasteiger partial charge < -0.3 is 15.4 Å². The molecule has 4 amide bonds. The fourth-order valence-corrected chi connectivity index (χ4v) is 3.51. The zero-order valence-electron chi connectivity index (χ0n) is 17.7. The molecule has 0 saturated carbocycles. The summed E-state index contributed by atoms with van der Waals surface area (Å²) in [7, 11) is 0. The van der Waals surface area contributed by atoms with Crippen LogP contribution in [0.3, 0.4) is 0 Å². The third-order valence-electron chi connectivity index (χ3n) is 5.26. The Morgan fingerprint density at radius 2 is 1.73 bits per heavy atom. The monoisotopic (exact) mass is 440 g/mol. The van der Waals surface area contributed by atoms with Gasteiger partial charge in [-0.15, -0.1) is 0 Å². The molecular formula is C25H20N4O4. The highest BCUT2D eigenvalue weighted by molar-refractivity contribution is 6.10. The molecule has 0 spiro atoms. The molecule has 8 nitrogen and oxygen atoms in total. The van der Waals surface area contributed by atoms with Crippen molar-refractivity contribution in [1.29, 1.82) is 5.26 Å². The molecule has 3 aromatic carbocycles. The molecule has 1 saturated heterocycles. The lowest BCUT2D eigenvalue weighted by Crippen LogP contribution is -2.42. The Balaban J connectivity index is 1.40. The number of hydrogen-bond acceptors (Lipinski definition) is 5. The number of nitriles is 1. The van der Waals surface area contributed by atoms with Crippen LogP contribution in [0.5, 0.6) is 11.5 Å². The molecule has 0 bridgehead atoms. The van der Waals surface area contributed by atoms with Crippen molar-refractivity contribution in [1.82, 2.24) is 10.2 Å². The maximum Gasteiger partial charge on any atom is 0.325 e. The number of para-hydroxylation sites is 1. The number of urea groups is 1. The van der Waals surface area contributed by atoms with Gasteiger partial charge in [0.25, 0.3) is 5.91 Å². The van der Waals surface area contributed by atoms with Crippen molar-refractivity contribution >= 4 is 23.5 Å². The Labute approximate surface area is 190 Å².